The minimum Gasteiger partial charge on any atom is -0.354 e. The average molecular weight is 295 g/mol. The molecule has 0 fully saturated rings. The number of carbonyl (C=O) groups is 1. The van der Waals surface area contributed by atoms with Gasteiger partial charge in [-0.05, 0) is 32.0 Å². The van der Waals surface area contributed by atoms with Crippen LogP contribution in [0, 0.1) is 0 Å². The van der Waals surface area contributed by atoms with Gasteiger partial charge in [-0.1, -0.05) is 17.7 Å². The Morgan fingerprint density at radius 3 is 2.90 bits per heavy atom. The lowest BCUT2D eigenvalue weighted by Gasteiger charge is -2.09. The van der Waals surface area contributed by atoms with Gasteiger partial charge in [0.15, 0.2) is 0 Å². The predicted molar refractivity (Wildman–Crippen MR) is 76.2 cm³/mol. The first-order chi connectivity index (χ1) is 9.47. The predicted octanol–water partition coefficient (Wildman–Crippen LogP) is 1.28. The van der Waals surface area contributed by atoms with Crippen molar-refractivity contribution in [3.63, 3.8) is 0 Å². The molecule has 0 aliphatic carbocycles. The summed E-state index contributed by atoms with van der Waals surface area (Å²) in [5, 5.41) is 9.50. The van der Waals surface area contributed by atoms with Gasteiger partial charge in [-0.3, -0.25) is 4.79 Å². The first-order valence-electron chi connectivity index (χ1n) is 6.19. The van der Waals surface area contributed by atoms with Crippen LogP contribution in [0.1, 0.15) is 19.7 Å². The summed E-state index contributed by atoms with van der Waals surface area (Å²) in [6.45, 7) is 3.74. The van der Waals surface area contributed by atoms with E-state index in [2.05, 4.69) is 15.5 Å². The summed E-state index contributed by atoms with van der Waals surface area (Å²) in [4.78, 5) is 23.6. The molecule has 1 amide bonds. The zero-order chi connectivity index (χ0) is 14.7. The highest BCUT2D eigenvalue weighted by atomic mass is 35.5. The van der Waals surface area contributed by atoms with Gasteiger partial charge < -0.3 is 5.32 Å². The molecule has 6 nitrogen and oxygen atoms in total. The van der Waals surface area contributed by atoms with Gasteiger partial charge in [-0.15, -0.1) is 0 Å². The molecule has 0 atom stereocenters. The molecule has 0 saturated heterocycles. The van der Waals surface area contributed by atoms with Crippen LogP contribution in [0.2, 0.25) is 5.02 Å². The Hall–Kier alpha value is -2.08. The van der Waals surface area contributed by atoms with E-state index in [4.69, 9.17) is 11.6 Å². The molecule has 0 spiro atoms. The molecule has 0 unspecified atom stereocenters. The number of aromatic amines is 1. The third-order valence-corrected chi connectivity index (χ3v) is 2.81. The highest BCUT2D eigenvalue weighted by Gasteiger charge is 2.14. The standard InChI is InChI=1S/C13H15ClN4O2/c1-8(2)15-12(19)7-11-16-17-13(20)18(11)10-5-3-4-9(14)6-10/h3-6,8H,7H2,1-2H3,(H,15,19)(H,17,20). The highest BCUT2D eigenvalue weighted by molar-refractivity contribution is 6.30. The summed E-state index contributed by atoms with van der Waals surface area (Å²) in [6, 6.07) is 6.85. The summed E-state index contributed by atoms with van der Waals surface area (Å²) in [5.74, 6) is 0.151. The molecule has 1 heterocycles. The molecule has 2 aromatic rings. The number of benzene rings is 1. The minimum atomic E-state index is -0.403. The molecule has 7 heteroatoms. The summed E-state index contributed by atoms with van der Waals surface area (Å²) in [6.07, 6.45) is 0.0173. The Morgan fingerprint density at radius 1 is 1.50 bits per heavy atom. The van der Waals surface area contributed by atoms with Crippen molar-refractivity contribution in [1.29, 1.82) is 0 Å². The molecular formula is C13H15ClN4O2. The number of H-pyrrole nitrogens is 1. The van der Waals surface area contributed by atoms with Gasteiger partial charge in [-0.25, -0.2) is 14.5 Å². The van der Waals surface area contributed by atoms with Gasteiger partial charge >= 0.3 is 5.69 Å². The molecule has 0 radical (unpaired) electrons. The summed E-state index contributed by atoms with van der Waals surface area (Å²) < 4.78 is 1.34. The summed E-state index contributed by atoms with van der Waals surface area (Å²) in [7, 11) is 0. The zero-order valence-corrected chi connectivity index (χ0v) is 11.9. The number of aromatic nitrogens is 3. The van der Waals surface area contributed by atoms with Gasteiger partial charge in [0, 0.05) is 11.1 Å². The molecule has 0 aliphatic heterocycles. The van der Waals surface area contributed by atoms with Crippen LogP contribution in [0.5, 0.6) is 0 Å². The Kier molecular flexibility index (Phi) is 4.24. The Bertz CT molecular complexity index is 675. The van der Waals surface area contributed by atoms with E-state index < -0.39 is 5.69 Å². The molecule has 1 aromatic carbocycles. The maximum absolute atomic E-state index is 11.8. The summed E-state index contributed by atoms with van der Waals surface area (Å²) in [5.41, 5.74) is 0.170. The molecule has 1 aromatic heterocycles. The van der Waals surface area contributed by atoms with Crippen molar-refractivity contribution in [1.82, 2.24) is 20.1 Å². The van der Waals surface area contributed by atoms with E-state index in [1.54, 1.807) is 24.3 Å². The van der Waals surface area contributed by atoms with Crippen LogP contribution >= 0.6 is 11.6 Å². The average Bonchev–Trinajstić information content (AvgIpc) is 2.69. The van der Waals surface area contributed by atoms with Gasteiger partial charge in [0.2, 0.25) is 5.91 Å². The smallest absolute Gasteiger partial charge is 0.347 e. The maximum Gasteiger partial charge on any atom is 0.347 e. The van der Waals surface area contributed by atoms with Crippen molar-refractivity contribution in [2.45, 2.75) is 26.3 Å². The van der Waals surface area contributed by atoms with Crippen molar-refractivity contribution in [3.8, 4) is 5.69 Å². The topological polar surface area (TPSA) is 79.8 Å². The second-order valence-corrected chi connectivity index (χ2v) is 5.10. The van der Waals surface area contributed by atoms with Gasteiger partial charge in [0.25, 0.3) is 0 Å². The number of nitrogens with one attached hydrogen (secondary N) is 2. The van der Waals surface area contributed by atoms with Crippen LogP contribution in [0.4, 0.5) is 0 Å². The van der Waals surface area contributed by atoms with Crippen LogP contribution in [0.3, 0.4) is 0 Å². The van der Waals surface area contributed by atoms with E-state index in [-0.39, 0.29) is 18.4 Å². The maximum atomic E-state index is 11.8. The number of rotatable bonds is 4. The van der Waals surface area contributed by atoms with Crippen molar-refractivity contribution < 1.29 is 4.79 Å². The van der Waals surface area contributed by atoms with Crippen molar-refractivity contribution >= 4 is 17.5 Å². The number of hydrogen-bond acceptors (Lipinski definition) is 3. The SMILES string of the molecule is CC(C)NC(=O)Cc1n[nH]c(=O)n1-c1cccc(Cl)c1. The van der Waals surface area contributed by atoms with Gasteiger partial charge in [0.05, 0.1) is 12.1 Å². The van der Waals surface area contributed by atoms with Crippen LogP contribution in [0.25, 0.3) is 5.69 Å². The lowest BCUT2D eigenvalue weighted by Crippen LogP contribution is -2.32. The van der Waals surface area contributed by atoms with E-state index in [1.165, 1.54) is 4.57 Å². The van der Waals surface area contributed by atoms with E-state index in [9.17, 15) is 9.59 Å². The number of nitrogens with zero attached hydrogens (tertiary/aromatic N) is 2. The molecule has 2 rings (SSSR count). The quantitative estimate of drug-likeness (QED) is 0.891. The first kappa shape index (κ1) is 14.3. The van der Waals surface area contributed by atoms with E-state index in [1.807, 2.05) is 13.8 Å². The van der Waals surface area contributed by atoms with Crippen LogP contribution in [0.15, 0.2) is 29.1 Å². The molecule has 0 saturated carbocycles. The fourth-order valence-electron chi connectivity index (χ4n) is 1.85. The largest absolute Gasteiger partial charge is 0.354 e. The van der Waals surface area contributed by atoms with Gasteiger partial charge in [0.1, 0.15) is 5.82 Å². The fourth-order valence-corrected chi connectivity index (χ4v) is 2.03. The van der Waals surface area contributed by atoms with E-state index in [0.29, 0.717) is 16.5 Å². The molecule has 0 aliphatic rings. The van der Waals surface area contributed by atoms with Crippen LogP contribution in [-0.2, 0) is 11.2 Å². The molecular weight excluding hydrogens is 280 g/mol. The molecule has 2 N–H and O–H groups in total. The lowest BCUT2D eigenvalue weighted by atomic mass is 10.3. The van der Waals surface area contributed by atoms with Crippen LogP contribution < -0.4 is 11.0 Å². The van der Waals surface area contributed by atoms with Crippen molar-refractivity contribution in [2.24, 2.45) is 0 Å². The van der Waals surface area contributed by atoms with Crippen molar-refractivity contribution in [3.05, 3.63) is 45.6 Å². The van der Waals surface area contributed by atoms with E-state index in [0.717, 1.165) is 0 Å². The molecule has 20 heavy (non-hydrogen) atoms. The molecule has 0 bridgehead atoms. The number of amides is 1. The Labute approximate surface area is 120 Å². The lowest BCUT2D eigenvalue weighted by molar-refractivity contribution is -0.121. The second-order valence-electron chi connectivity index (χ2n) is 4.66. The van der Waals surface area contributed by atoms with Crippen molar-refractivity contribution in [2.75, 3.05) is 0 Å². The van der Waals surface area contributed by atoms with E-state index >= 15 is 0 Å². The third kappa shape index (κ3) is 3.27. The second kappa shape index (κ2) is 5.92. The Morgan fingerprint density at radius 2 is 2.25 bits per heavy atom. The van der Waals surface area contributed by atoms with Gasteiger partial charge in [-0.2, -0.15) is 5.10 Å². The monoisotopic (exact) mass is 294 g/mol. The summed E-state index contributed by atoms with van der Waals surface area (Å²) >= 11 is 5.92. The minimum absolute atomic E-state index is 0.0173. The number of carbonyl (C=O) groups excluding carboxylic acids is 1. The van der Waals surface area contributed by atoms with Crippen LogP contribution in [-0.4, -0.2) is 26.7 Å². The zero-order valence-electron chi connectivity index (χ0n) is 11.2. The molecule has 106 valence electrons. The normalized spacial score (nSPS) is 10.8. The number of halogens is 1. The fraction of sp³-hybridized carbons (Fsp3) is 0.308. The first-order valence-corrected chi connectivity index (χ1v) is 6.57. The highest BCUT2D eigenvalue weighted by Crippen LogP contribution is 2.14. The third-order valence-electron chi connectivity index (χ3n) is 2.58. The number of hydrogen-bond donors (Lipinski definition) is 2. The Balaban J connectivity index is 2.33.